The molecule has 0 aliphatic rings. The number of aliphatic hydroxyl groups excluding tert-OH is 2. The second-order valence-corrected chi connectivity index (χ2v) is 5.09. The van der Waals surface area contributed by atoms with Crippen LogP contribution in [-0.4, -0.2) is 45.9 Å². The van der Waals surface area contributed by atoms with Crippen molar-refractivity contribution < 1.29 is 24.9 Å². The van der Waals surface area contributed by atoms with E-state index in [-0.39, 0.29) is 6.61 Å². The monoisotopic (exact) mass is 261 g/mol. The third kappa shape index (κ3) is 5.01. The molecule has 0 saturated heterocycles. The Morgan fingerprint density at radius 1 is 1.33 bits per heavy atom. The molecule has 0 spiro atoms. The van der Waals surface area contributed by atoms with E-state index < -0.39 is 29.4 Å². The molecule has 106 valence electrons. The number of hydrogen-bond acceptors (Lipinski definition) is 4. The fraction of sp³-hybridized carbons (Fsp3) is 0.833. The molecule has 6 nitrogen and oxygen atoms in total. The second kappa shape index (κ2) is 7.33. The lowest BCUT2D eigenvalue weighted by Crippen LogP contribution is -2.50. The largest absolute Gasteiger partial charge is 0.480 e. The topological polar surface area (TPSA) is 107 Å². The van der Waals surface area contributed by atoms with Gasteiger partial charge >= 0.3 is 5.97 Å². The molecule has 0 heterocycles. The summed E-state index contributed by atoms with van der Waals surface area (Å²) in [5.74, 6) is -1.89. The molecule has 0 saturated carbocycles. The van der Waals surface area contributed by atoms with Gasteiger partial charge in [-0.05, 0) is 6.42 Å². The minimum Gasteiger partial charge on any atom is -0.480 e. The fourth-order valence-corrected chi connectivity index (χ4v) is 1.36. The van der Waals surface area contributed by atoms with E-state index >= 15 is 0 Å². The number of carbonyl (C=O) groups is 2. The minimum atomic E-state index is -1.44. The van der Waals surface area contributed by atoms with Crippen LogP contribution in [-0.2, 0) is 9.59 Å². The Hall–Kier alpha value is -1.14. The number of hydrogen-bond donors (Lipinski definition) is 4. The highest BCUT2D eigenvalue weighted by molar-refractivity contribution is 5.86. The summed E-state index contributed by atoms with van der Waals surface area (Å²) < 4.78 is 0. The maximum absolute atomic E-state index is 11.7. The molecule has 0 aromatic heterocycles. The van der Waals surface area contributed by atoms with Gasteiger partial charge in [0.2, 0.25) is 5.91 Å². The zero-order valence-corrected chi connectivity index (χ0v) is 11.1. The molecule has 18 heavy (non-hydrogen) atoms. The van der Waals surface area contributed by atoms with E-state index in [1.807, 2.05) is 6.92 Å². The van der Waals surface area contributed by atoms with Gasteiger partial charge in [0, 0.05) is 5.41 Å². The number of carboxylic acid groups (broad SMARTS) is 1. The summed E-state index contributed by atoms with van der Waals surface area (Å²) in [7, 11) is 0. The van der Waals surface area contributed by atoms with Crippen LogP contribution in [0.5, 0.6) is 0 Å². The summed E-state index contributed by atoms with van der Waals surface area (Å²) in [5, 5.41) is 30.0. The van der Waals surface area contributed by atoms with Crippen LogP contribution in [0.3, 0.4) is 0 Å². The van der Waals surface area contributed by atoms with Crippen LogP contribution in [0, 0.1) is 5.41 Å². The van der Waals surface area contributed by atoms with E-state index in [1.165, 1.54) is 13.8 Å². The maximum atomic E-state index is 11.7. The second-order valence-electron chi connectivity index (χ2n) is 5.09. The van der Waals surface area contributed by atoms with Gasteiger partial charge in [-0.3, -0.25) is 4.79 Å². The van der Waals surface area contributed by atoms with Crippen LogP contribution in [0.15, 0.2) is 0 Å². The van der Waals surface area contributed by atoms with E-state index in [9.17, 15) is 14.7 Å². The van der Waals surface area contributed by atoms with Gasteiger partial charge in [-0.15, -0.1) is 0 Å². The molecule has 6 heteroatoms. The van der Waals surface area contributed by atoms with E-state index in [0.717, 1.165) is 6.42 Å². The van der Waals surface area contributed by atoms with Gasteiger partial charge in [-0.25, -0.2) is 4.79 Å². The SMILES string of the molecule is CCCCC(NC(=O)[C@H](O)C(C)(C)CO)C(=O)O. The molecule has 0 rings (SSSR count). The fourth-order valence-electron chi connectivity index (χ4n) is 1.36. The Bertz CT molecular complexity index is 290. The predicted octanol–water partition coefficient (Wildman–Crippen LogP) is 0.125. The van der Waals surface area contributed by atoms with Crippen LogP contribution >= 0.6 is 0 Å². The summed E-state index contributed by atoms with van der Waals surface area (Å²) in [6, 6.07) is -0.999. The van der Waals surface area contributed by atoms with Gasteiger partial charge in [0.15, 0.2) is 0 Å². The van der Waals surface area contributed by atoms with Crippen molar-refractivity contribution in [1.82, 2.24) is 5.32 Å². The van der Waals surface area contributed by atoms with Crippen molar-refractivity contribution in [2.24, 2.45) is 5.41 Å². The molecular formula is C12H23NO5. The van der Waals surface area contributed by atoms with E-state index in [1.54, 1.807) is 0 Å². The van der Waals surface area contributed by atoms with Crippen LogP contribution in [0.2, 0.25) is 0 Å². The zero-order chi connectivity index (χ0) is 14.3. The standard InChI is InChI=1S/C12H23NO5/c1-4-5-6-8(11(17)18)13-10(16)9(15)12(2,3)7-14/h8-9,14-15H,4-7H2,1-3H3,(H,13,16)(H,17,18)/t8?,9-/m0/s1. The number of aliphatic hydroxyl groups is 2. The van der Waals surface area contributed by atoms with Crippen LogP contribution in [0.25, 0.3) is 0 Å². The molecule has 0 aliphatic carbocycles. The lowest BCUT2D eigenvalue weighted by Gasteiger charge is -2.28. The number of rotatable bonds is 8. The molecule has 0 radical (unpaired) electrons. The Balaban J connectivity index is 4.55. The Morgan fingerprint density at radius 3 is 2.28 bits per heavy atom. The Morgan fingerprint density at radius 2 is 1.89 bits per heavy atom. The molecule has 0 bridgehead atoms. The molecule has 0 aromatic carbocycles. The summed E-state index contributed by atoms with van der Waals surface area (Å²) in [4.78, 5) is 22.6. The maximum Gasteiger partial charge on any atom is 0.326 e. The van der Waals surface area contributed by atoms with E-state index in [0.29, 0.717) is 12.8 Å². The summed E-state index contributed by atoms with van der Waals surface area (Å²) >= 11 is 0. The lowest BCUT2D eigenvalue weighted by atomic mass is 9.87. The van der Waals surface area contributed by atoms with Gasteiger partial charge < -0.3 is 20.6 Å². The third-order valence-electron chi connectivity index (χ3n) is 2.86. The Kier molecular flexibility index (Phi) is 6.86. The van der Waals surface area contributed by atoms with Crippen molar-refractivity contribution in [3.05, 3.63) is 0 Å². The highest BCUT2D eigenvalue weighted by Gasteiger charge is 2.34. The predicted molar refractivity (Wildman–Crippen MR) is 66.0 cm³/mol. The molecule has 1 unspecified atom stereocenters. The van der Waals surface area contributed by atoms with E-state index in [2.05, 4.69) is 5.32 Å². The van der Waals surface area contributed by atoms with Crippen molar-refractivity contribution in [3.8, 4) is 0 Å². The van der Waals surface area contributed by atoms with Crippen LogP contribution in [0.4, 0.5) is 0 Å². The van der Waals surface area contributed by atoms with Crippen LogP contribution in [0.1, 0.15) is 40.0 Å². The molecule has 0 aromatic rings. The smallest absolute Gasteiger partial charge is 0.326 e. The average Bonchev–Trinajstić information content (AvgIpc) is 2.32. The third-order valence-corrected chi connectivity index (χ3v) is 2.86. The normalized spacial score (nSPS) is 14.9. The van der Waals surface area contributed by atoms with Crippen molar-refractivity contribution in [2.45, 2.75) is 52.2 Å². The number of amides is 1. The summed E-state index contributed by atoms with van der Waals surface area (Å²) in [6.45, 7) is 4.61. The number of carbonyl (C=O) groups excluding carboxylic acids is 1. The van der Waals surface area contributed by atoms with Gasteiger partial charge in [-0.2, -0.15) is 0 Å². The first-order valence-corrected chi connectivity index (χ1v) is 6.08. The first kappa shape index (κ1) is 16.9. The van der Waals surface area contributed by atoms with Gasteiger partial charge in [0.1, 0.15) is 12.1 Å². The van der Waals surface area contributed by atoms with E-state index in [4.69, 9.17) is 10.2 Å². The molecule has 1 amide bonds. The number of aliphatic carboxylic acids is 1. The first-order chi connectivity index (χ1) is 8.26. The number of carboxylic acids is 1. The molecule has 4 N–H and O–H groups in total. The quantitative estimate of drug-likeness (QED) is 0.496. The van der Waals surface area contributed by atoms with Crippen molar-refractivity contribution >= 4 is 11.9 Å². The van der Waals surface area contributed by atoms with Crippen molar-refractivity contribution in [3.63, 3.8) is 0 Å². The van der Waals surface area contributed by atoms with Crippen LogP contribution < -0.4 is 5.32 Å². The first-order valence-electron chi connectivity index (χ1n) is 6.08. The molecule has 0 aliphatic heterocycles. The van der Waals surface area contributed by atoms with Crippen molar-refractivity contribution in [1.29, 1.82) is 0 Å². The Labute approximate surface area is 107 Å². The number of unbranched alkanes of at least 4 members (excludes halogenated alkanes) is 1. The van der Waals surface area contributed by atoms with Gasteiger partial charge in [0.05, 0.1) is 6.61 Å². The molecule has 0 fully saturated rings. The number of nitrogens with one attached hydrogen (secondary N) is 1. The average molecular weight is 261 g/mol. The molecular weight excluding hydrogens is 238 g/mol. The van der Waals surface area contributed by atoms with Gasteiger partial charge in [0.25, 0.3) is 0 Å². The highest BCUT2D eigenvalue weighted by Crippen LogP contribution is 2.19. The zero-order valence-electron chi connectivity index (χ0n) is 11.1. The minimum absolute atomic E-state index is 0.323. The summed E-state index contributed by atoms with van der Waals surface area (Å²) in [5.41, 5.74) is -1.00. The molecule has 2 atom stereocenters. The highest BCUT2D eigenvalue weighted by atomic mass is 16.4. The lowest BCUT2D eigenvalue weighted by molar-refractivity contribution is -0.146. The summed E-state index contributed by atoms with van der Waals surface area (Å²) in [6.07, 6.45) is 0.385. The van der Waals surface area contributed by atoms with Gasteiger partial charge in [-0.1, -0.05) is 33.6 Å². The van der Waals surface area contributed by atoms with Crippen molar-refractivity contribution in [2.75, 3.05) is 6.61 Å².